The molecule has 0 fully saturated rings. The second-order valence-corrected chi connectivity index (χ2v) is 35.9. The minimum atomic E-state index is 0.444. The van der Waals surface area contributed by atoms with Crippen molar-refractivity contribution < 1.29 is 18.7 Å². The summed E-state index contributed by atoms with van der Waals surface area (Å²) in [6, 6.07) is 39.1. The molecule has 0 spiro atoms. The van der Waals surface area contributed by atoms with Crippen molar-refractivity contribution in [3.63, 3.8) is 0 Å². The summed E-state index contributed by atoms with van der Waals surface area (Å²) >= 11 is 1.83. The van der Waals surface area contributed by atoms with Gasteiger partial charge < -0.3 is 50.7 Å². The normalized spacial score (nSPS) is 11.9. The van der Waals surface area contributed by atoms with Crippen LogP contribution in [0.2, 0.25) is 0 Å². The van der Waals surface area contributed by atoms with Crippen LogP contribution in [0.25, 0.3) is 60.9 Å². The molecule has 0 bridgehead atoms. The van der Waals surface area contributed by atoms with E-state index in [1.54, 1.807) is 11.9 Å². The van der Waals surface area contributed by atoms with Crippen LogP contribution in [0.5, 0.6) is 17.2 Å². The molecule has 19 nitrogen and oxygen atoms in total. The van der Waals surface area contributed by atoms with Gasteiger partial charge in [0.25, 0.3) is 0 Å². The predicted octanol–water partition coefficient (Wildman–Crippen LogP) is 26.4. The first kappa shape index (κ1) is 93.0. The standard InChI is InChI=1S/C16H22N2O.C16H18N2S.C15H17N3O.C15H18N2O.C15H20N2O.C15H18N2.C14H18N2/c1-5-14-10-18(11-17-14)15-8-7-13(12(3)4)9-16(15)19-6-2;1-10(2)13-5-6-14(18-7-12(4)17-9-18)16-15(13)11(3)8-19-16;1-9(2)12-5-6-13(18-7-10(3)16-8-18)15-14(12)11(4)17-19-15;1-10(2)12-4-5-14(15-13(12)6-7-18-15)17-8-11(3)16-9-17;1-5-18-15-8-13(11(2)3)6-7-14(15)17-9-12(4)16-10-17;1-10(2)12-6-7-15(14-5-4-13(12)14)17-8-11(3)16-9-17;1-4-13-9-16(10-15-13)14-7-5-12(6-8-14)11(2)3/h7-12H,5-6H2,1-4H3;5-10H,1-4H3;5-9H,1-4H3;4-5,8-10H,6-7H2,1-3H3;6-11H,5H2,1-4H3;6-10H,4-5H2,1-3H3;5-11H,4H2,1-3H3. The molecule has 0 radical (unpaired) electrons. The number of hydrogen-bond donors (Lipinski definition) is 0. The smallest absolute Gasteiger partial charge is 0.191 e. The Kier molecular flexibility index (Phi) is 31.2. The number of thiophene rings is 1. The van der Waals surface area contributed by atoms with E-state index in [4.69, 9.17) is 18.7 Å². The fraction of sp³-hybridized carbons (Fsp3) is 0.377. The van der Waals surface area contributed by atoms with Crippen molar-refractivity contribution in [3.05, 3.63) is 309 Å². The first-order valence-corrected chi connectivity index (χ1v) is 45.9. The maximum Gasteiger partial charge on any atom is 0.191 e. The second-order valence-electron chi connectivity index (χ2n) is 35.0. The highest BCUT2D eigenvalue weighted by Gasteiger charge is 2.26. The van der Waals surface area contributed by atoms with Crippen molar-refractivity contribution >= 4 is 32.4 Å². The molecule has 0 atom stereocenters. The van der Waals surface area contributed by atoms with E-state index in [1.807, 2.05) is 142 Å². The van der Waals surface area contributed by atoms with Crippen molar-refractivity contribution in [2.45, 2.75) is 247 Å². The number of aryl methyl sites for hydroxylation is 9. The van der Waals surface area contributed by atoms with E-state index >= 15 is 0 Å². The van der Waals surface area contributed by atoms with Crippen LogP contribution in [-0.2, 0) is 32.1 Å². The summed E-state index contributed by atoms with van der Waals surface area (Å²) in [5.41, 5.74) is 32.5. The van der Waals surface area contributed by atoms with Gasteiger partial charge in [-0.2, -0.15) is 0 Å². The highest BCUT2D eigenvalue weighted by molar-refractivity contribution is 7.18. The van der Waals surface area contributed by atoms with Crippen LogP contribution in [0.1, 0.15) is 273 Å². The predicted molar refractivity (Wildman–Crippen MR) is 517 cm³/mol. The quantitative estimate of drug-likeness (QED) is 0.0706. The summed E-state index contributed by atoms with van der Waals surface area (Å²) in [7, 11) is 0. The van der Waals surface area contributed by atoms with Crippen molar-refractivity contribution in [2.75, 3.05) is 19.8 Å². The number of hydrogen-bond acceptors (Lipinski definition) is 13. The van der Waals surface area contributed by atoms with Crippen LogP contribution >= 0.6 is 11.3 Å². The minimum Gasteiger partial charge on any atom is -0.492 e. The van der Waals surface area contributed by atoms with Crippen molar-refractivity contribution in [1.29, 1.82) is 0 Å². The monoisotopic (exact) mass is 1710 g/mol. The van der Waals surface area contributed by atoms with Crippen LogP contribution in [0.3, 0.4) is 0 Å². The van der Waals surface area contributed by atoms with E-state index in [2.05, 4.69) is 311 Å². The van der Waals surface area contributed by atoms with E-state index in [-0.39, 0.29) is 0 Å². The molecule has 0 amide bonds. The summed E-state index contributed by atoms with van der Waals surface area (Å²) in [5, 5.41) is 8.92. The lowest BCUT2D eigenvalue weighted by Gasteiger charge is -2.27. The second kappa shape index (κ2) is 42.2. The first-order valence-electron chi connectivity index (χ1n) is 45.0. The van der Waals surface area contributed by atoms with Gasteiger partial charge in [0.05, 0.1) is 148 Å². The number of ether oxygens (including phenoxy) is 3. The van der Waals surface area contributed by atoms with Gasteiger partial charge in [0, 0.05) is 72.1 Å². The third kappa shape index (κ3) is 22.0. The third-order valence-corrected chi connectivity index (χ3v) is 24.3. The molecule has 0 saturated carbocycles. The summed E-state index contributed by atoms with van der Waals surface area (Å²) in [5.74, 6) is 6.64. The molecule has 2 aliphatic rings. The van der Waals surface area contributed by atoms with E-state index in [1.165, 1.54) is 95.6 Å². The number of benzene rings is 7. The highest BCUT2D eigenvalue weighted by atomic mass is 32.1. The zero-order chi connectivity index (χ0) is 90.3. The SMILES string of the molecule is CCOc1cc(C(C)C)ccc1-n1cnc(C)c1.CCOc1cc(C(C)C)ccc1-n1cnc(CC)c1.CCc1cn(-c2ccc(C(C)C)cc2)cn1.Cc1cn(-c2ccc(C(C)C)c3c(C)csc23)cn1.Cc1cn(-c2ccc(C(C)C)c3c(C)noc23)cn1.Cc1cn(-c2ccc(C(C)C)c3c2CC3)cn1.Cc1cn(-c2ccc(C(C)C)c3c2OCC3)cn1. The lowest BCUT2D eigenvalue weighted by atomic mass is 9.80. The molecule has 0 saturated heterocycles. The van der Waals surface area contributed by atoms with Gasteiger partial charge in [-0.15, -0.1) is 11.3 Å². The molecule has 18 rings (SSSR count). The van der Waals surface area contributed by atoms with Gasteiger partial charge in [-0.1, -0.05) is 164 Å². The fourth-order valence-electron chi connectivity index (χ4n) is 16.0. The maximum atomic E-state index is 5.84. The molecule has 0 N–H and O–H groups in total. The van der Waals surface area contributed by atoms with Gasteiger partial charge in [-0.25, -0.2) is 34.9 Å². The number of aromatic nitrogens is 15. The van der Waals surface area contributed by atoms with Crippen molar-refractivity contribution in [3.8, 4) is 57.1 Å². The molecule has 0 unspecified atom stereocenters. The molecule has 1 aliphatic carbocycles. The largest absolute Gasteiger partial charge is 0.492 e. The van der Waals surface area contributed by atoms with Crippen molar-refractivity contribution in [1.82, 2.24) is 72.0 Å². The Morgan fingerprint density at radius 2 is 0.738 bits per heavy atom. The zero-order valence-electron chi connectivity index (χ0n) is 79.0. The third-order valence-electron chi connectivity index (χ3n) is 23.1. The first-order chi connectivity index (χ1) is 60.4. The van der Waals surface area contributed by atoms with E-state index < -0.39 is 0 Å². The number of imidazole rings is 7. The Morgan fingerprint density at radius 1 is 0.357 bits per heavy atom. The Hall–Kier alpha value is -12.2. The van der Waals surface area contributed by atoms with Crippen LogP contribution in [0.15, 0.2) is 207 Å². The molecule has 126 heavy (non-hydrogen) atoms. The number of nitrogens with zero attached hydrogens (tertiary/aromatic N) is 15. The van der Waals surface area contributed by atoms with Crippen LogP contribution in [0.4, 0.5) is 0 Å². The number of rotatable bonds is 20. The lowest BCUT2D eigenvalue weighted by molar-refractivity contribution is 0.338. The van der Waals surface area contributed by atoms with Gasteiger partial charge in [0.2, 0.25) is 0 Å². The molecule has 10 heterocycles. The summed E-state index contributed by atoms with van der Waals surface area (Å²) in [6.07, 6.45) is 32.8. The van der Waals surface area contributed by atoms with Crippen LogP contribution in [0, 0.1) is 48.5 Å². The Bertz CT molecular complexity index is 6130. The molecule has 1 aliphatic heterocycles. The van der Waals surface area contributed by atoms with Gasteiger partial charge in [0.15, 0.2) is 5.58 Å². The lowest BCUT2D eigenvalue weighted by Crippen LogP contribution is -2.16. The van der Waals surface area contributed by atoms with Gasteiger partial charge in [0.1, 0.15) is 17.2 Å². The highest BCUT2D eigenvalue weighted by Crippen LogP contribution is 2.41. The molecule has 20 heteroatoms. The molecule has 16 aromatic rings. The Balaban J connectivity index is 0.000000134. The van der Waals surface area contributed by atoms with Gasteiger partial charge >= 0.3 is 0 Å². The van der Waals surface area contributed by atoms with Crippen LogP contribution < -0.4 is 14.2 Å². The van der Waals surface area contributed by atoms with E-state index in [9.17, 15) is 0 Å². The maximum absolute atomic E-state index is 5.84. The summed E-state index contributed by atoms with van der Waals surface area (Å²) < 4.78 is 38.7. The zero-order valence-corrected chi connectivity index (χ0v) is 79.8. The Labute approximate surface area is 751 Å². The average Bonchev–Trinajstić information content (AvgIpc) is 1.57. The van der Waals surface area contributed by atoms with Gasteiger partial charge in [-0.05, 0) is 251 Å². The minimum absolute atomic E-state index is 0.444. The van der Waals surface area contributed by atoms with Crippen LogP contribution in [-0.4, -0.2) is 91.8 Å². The van der Waals surface area contributed by atoms with E-state index in [0.717, 1.165) is 122 Å². The summed E-state index contributed by atoms with van der Waals surface area (Å²) in [6.45, 7) is 55.6. The average molecular weight is 1710 g/mol. The molecule has 9 aromatic heterocycles. The number of fused-ring (bicyclic) bond motifs is 4. The van der Waals surface area contributed by atoms with Gasteiger partial charge in [-0.3, -0.25) is 0 Å². The molecule has 7 aromatic carbocycles. The topological polar surface area (TPSA) is 178 Å². The summed E-state index contributed by atoms with van der Waals surface area (Å²) in [4.78, 5) is 30.2. The fourth-order valence-corrected chi connectivity index (χ4v) is 17.1. The van der Waals surface area contributed by atoms with Crippen molar-refractivity contribution in [2.24, 2.45) is 0 Å². The molecule has 660 valence electrons. The van der Waals surface area contributed by atoms with E-state index in [0.29, 0.717) is 54.6 Å². The Morgan fingerprint density at radius 3 is 1.18 bits per heavy atom. The molecular weight excluding hydrogens is 1580 g/mol. The molecular formula is C106H131N15O4S.